The lowest BCUT2D eigenvalue weighted by molar-refractivity contribution is -0.132. The molecule has 4 nitrogen and oxygen atoms in total. The molecule has 0 saturated carbocycles. The number of furan rings is 1. The van der Waals surface area contributed by atoms with E-state index in [-0.39, 0.29) is 30.6 Å². The van der Waals surface area contributed by atoms with Gasteiger partial charge in [-0.25, -0.2) is 0 Å². The molecule has 0 N–H and O–H groups in total. The van der Waals surface area contributed by atoms with Gasteiger partial charge in [-0.2, -0.15) is 0 Å². The molecule has 0 aliphatic heterocycles. The van der Waals surface area contributed by atoms with Gasteiger partial charge in [0.2, 0.25) is 5.91 Å². The Morgan fingerprint density at radius 2 is 2.05 bits per heavy atom. The smallest absolute Gasteiger partial charge is 0.223 e. The summed E-state index contributed by atoms with van der Waals surface area (Å²) in [5, 5.41) is 0. The van der Waals surface area contributed by atoms with Gasteiger partial charge >= 0.3 is 0 Å². The molecule has 1 unspecified atom stereocenters. The van der Waals surface area contributed by atoms with Crippen molar-refractivity contribution in [2.75, 3.05) is 7.05 Å². The summed E-state index contributed by atoms with van der Waals surface area (Å²) in [6, 6.07) is 5.41. The molecule has 0 saturated heterocycles. The Balaban J connectivity index is 1.92. The Kier molecular flexibility index (Phi) is 5.19. The van der Waals surface area contributed by atoms with E-state index in [4.69, 9.17) is 4.42 Å². The number of ketones is 1. The number of carbonyl (C=O) groups is 2. The molecule has 1 amide bonds. The molecule has 0 aromatic carbocycles. The zero-order valence-corrected chi connectivity index (χ0v) is 14.2. The van der Waals surface area contributed by atoms with Gasteiger partial charge in [0.25, 0.3) is 0 Å². The average molecular weight is 319 g/mol. The zero-order valence-electron chi connectivity index (χ0n) is 13.4. The second-order valence-corrected chi connectivity index (χ2v) is 6.91. The van der Waals surface area contributed by atoms with Crippen LogP contribution < -0.4 is 0 Å². The summed E-state index contributed by atoms with van der Waals surface area (Å²) in [7, 11) is 1.74. The van der Waals surface area contributed by atoms with Gasteiger partial charge in [-0.3, -0.25) is 9.59 Å². The standard InChI is InChI=1S/C17H21NO3S/c1-11-10-14(13(3)22-11)15(19)7-8-17(20)18(4)12(2)16-6-5-9-21-16/h5-6,9-10,12H,7-8H2,1-4H3. The highest BCUT2D eigenvalue weighted by molar-refractivity contribution is 7.12. The molecule has 2 aromatic rings. The lowest BCUT2D eigenvalue weighted by Crippen LogP contribution is -2.29. The van der Waals surface area contributed by atoms with Crippen molar-refractivity contribution in [3.8, 4) is 0 Å². The van der Waals surface area contributed by atoms with E-state index in [2.05, 4.69) is 0 Å². The van der Waals surface area contributed by atoms with E-state index in [0.717, 1.165) is 21.1 Å². The number of hydrogen-bond acceptors (Lipinski definition) is 4. The largest absolute Gasteiger partial charge is 0.467 e. The highest BCUT2D eigenvalue weighted by Crippen LogP contribution is 2.23. The van der Waals surface area contributed by atoms with E-state index in [1.165, 1.54) is 0 Å². The fraction of sp³-hybridized carbons (Fsp3) is 0.412. The van der Waals surface area contributed by atoms with Crippen molar-refractivity contribution in [1.29, 1.82) is 0 Å². The third-order valence-corrected chi connectivity index (χ3v) is 4.80. The highest BCUT2D eigenvalue weighted by Gasteiger charge is 2.21. The lowest BCUT2D eigenvalue weighted by Gasteiger charge is -2.23. The molecule has 0 aliphatic rings. The maximum Gasteiger partial charge on any atom is 0.223 e. The molecule has 0 spiro atoms. The number of thiophene rings is 1. The predicted octanol–water partition coefficient (Wildman–Crippen LogP) is 4.14. The minimum atomic E-state index is -0.136. The third-order valence-electron chi connectivity index (χ3n) is 3.84. The number of carbonyl (C=O) groups excluding carboxylic acids is 2. The van der Waals surface area contributed by atoms with Crippen LogP contribution in [0.4, 0.5) is 0 Å². The fourth-order valence-electron chi connectivity index (χ4n) is 2.37. The molecule has 0 bridgehead atoms. The molecule has 5 heteroatoms. The van der Waals surface area contributed by atoms with Crippen molar-refractivity contribution < 1.29 is 14.0 Å². The SMILES string of the molecule is Cc1cc(C(=O)CCC(=O)N(C)C(C)c2ccco2)c(C)s1. The maximum absolute atomic E-state index is 12.2. The van der Waals surface area contributed by atoms with Crippen LogP contribution >= 0.6 is 11.3 Å². The number of rotatable bonds is 6. The highest BCUT2D eigenvalue weighted by atomic mass is 32.1. The van der Waals surface area contributed by atoms with Gasteiger partial charge in [-0.1, -0.05) is 0 Å². The lowest BCUT2D eigenvalue weighted by atomic mass is 10.1. The van der Waals surface area contributed by atoms with Crippen LogP contribution in [0.1, 0.15) is 51.7 Å². The Bertz CT molecular complexity index is 658. The first-order valence-corrected chi connectivity index (χ1v) is 8.11. The van der Waals surface area contributed by atoms with Crippen LogP contribution in [0.15, 0.2) is 28.9 Å². The summed E-state index contributed by atoms with van der Waals surface area (Å²) in [6.07, 6.45) is 2.05. The summed E-state index contributed by atoms with van der Waals surface area (Å²) < 4.78 is 5.32. The van der Waals surface area contributed by atoms with Crippen molar-refractivity contribution in [3.63, 3.8) is 0 Å². The van der Waals surface area contributed by atoms with Crippen LogP contribution in [-0.4, -0.2) is 23.6 Å². The summed E-state index contributed by atoms with van der Waals surface area (Å²) >= 11 is 1.61. The quantitative estimate of drug-likeness (QED) is 0.752. The van der Waals surface area contributed by atoms with Gasteiger partial charge in [0.15, 0.2) is 5.78 Å². The number of hydrogen-bond donors (Lipinski definition) is 0. The molecule has 2 rings (SSSR count). The van der Waals surface area contributed by atoms with E-state index < -0.39 is 0 Å². The number of nitrogens with zero attached hydrogens (tertiary/aromatic N) is 1. The first-order chi connectivity index (χ1) is 10.4. The van der Waals surface area contributed by atoms with E-state index in [1.54, 1.807) is 35.6 Å². The van der Waals surface area contributed by atoms with Crippen LogP contribution in [0, 0.1) is 13.8 Å². The van der Waals surface area contributed by atoms with Gasteiger partial charge in [0.05, 0.1) is 12.3 Å². The van der Waals surface area contributed by atoms with E-state index >= 15 is 0 Å². The Morgan fingerprint density at radius 1 is 1.32 bits per heavy atom. The Morgan fingerprint density at radius 3 is 2.59 bits per heavy atom. The molecule has 0 radical (unpaired) electrons. The molecular weight excluding hydrogens is 298 g/mol. The Hall–Kier alpha value is -1.88. The number of aryl methyl sites for hydroxylation is 2. The van der Waals surface area contributed by atoms with Gasteiger partial charge in [0.1, 0.15) is 5.76 Å². The fourth-order valence-corrected chi connectivity index (χ4v) is 3.32. The minimum Gasteiger partial charge on any atom is -0.467 e. The van der Waals surface area contributed by atoms with Crippen LogP contribution in [0.3, 0.4) is 0 Å². The van der Waals surface area contributed by atoms with E-state index in [0.29, 0.717) is 0 Å². The second-order valence-electron chi connectivity index (χ2n) is 5.45. The summed E-state index contributed by atoms with van der Waals surface area (Å²) in [5.41, 5.74) is 0.747. The van der Waals surface area contributed by atoms with Crippen LogP contribution in [0.25, 0.3) is 0 Å². The number of Topliss-reactive ketones (excluding diaryl/α,β-unsaturated/α-hetero) is 1. The molecule has 2 heterocycles. The molecular formula is C17H21NO3S. The summed E-state index contributed by atoms with van der Waals surface area (Å²) in [6.45, 7) is 5.83. The van der Waals surface area contributed by atoms with Crippen molar-refractivity contribution in [1.82, 2.24) is 4.90 Å². The van der Waals surface area contributed by atoms with Crippen molar-refractivity contribution in [2.45, 2.75) is 39.7 Å². The van der Waals surface area contributed by atoms with Gasteiger partial charge in [0, 0.05) is 35.2 Å². The minimum absolute atomic E-state index is 0.0363. The first kappa shape index (κ1) is 16.5. The molecule has 0 fully saturated rings. The van der Waals surface area contributed by atoms with Crippen LogP contribution in [0.5, 0.6) is 0 Å². The molecule has 2 aromatic heterocycles. The van der Waals surface area contributed by atoms with Crippen molar-refractivity contribution >= 4 is 23.0 Å². The van der Waals surface area contributed by atoms with Gasteiger partial charge in [-0.05, 0) is 39.0 Å². The Labute approximate surface area is 134 Å². The molecule has 0 aliphatic carbocycles. The maximum atomic E-state index is 12.2. The average Bonchev–Trinajstić information content (AvgIpc) is 3.12. The first-order valence-electron chi connectivity index (χ1n) is 7.29. The van der Waals surface area contributed by atoms with E-state index in [1.807, 2.05) is 32.9 Å². The van der Waals surface area contributed by atoms with Crippen LogP contribution in [-0.2, 0) is 4.79 Å². The predicted molar refractivity (Wildman–Crippen MR) is 87.3 cm³/mol. The van der Waals surface area contributed by atoms with Crippen LogP contribution in [0.2, 0.25) is 0 Å². The van der Waals surface area contributed by atoms with Gasteiger partial charge < -0.3 is 9.32 Å². The third kappa shape index (κ3) is 3.65. The molecule has 1 atom stereocenters. The zero-order chi connectivity index (χ0) is 16.3. The monoisotopic (exact) mass is 319 g/mol. The normalized spacial score (nSPS) is 12.2. The van der Waals surface area contributed by atoms with E-state index in [9.17, 15) is 9.59 Å². The summed E-state index contributed by atoms with van der Waals surface area (Å²) in [4.78, 5) is 28.2. The van der Waals surface area contributed by atoms with Gasteiger partial charge in [-0.15, -0.1) is 11.3 Å². The summed E-state index contributed by atoms with van der Waals surface area (Å²) in [5.74, 6) is 0.725. The second kappa shape index (κ2) is 6.92. The molecule has 118 valence electrons. The number of amides is 1. The topological polar surface area (TPSA) is 50.5 Å². The van der Waals surface area contributed by atoms with Crippen molar-refractivity contribution in [3.05, 3.63) is 45.5 Å². The molecule has 22 heavy (non-hydrogen) atoms. The van der Waals surface area contributed by atoms with Crippen molar-refractivity contribution in [2.24, 2.45) is 0 Å².